The zero-order valence-corrected chi connectivity index (χ0v) is 13.1. The summed E-state index contributed by atoms with van der Waals surface area (Å²) in [6.07, 6.45) is 2.14. The van der Waals surface area contributed by atoms with Crippen LogP contribution in [0.1, 0.15) is 38.1 Å². The van der Waals surface area contributed by atoms with E-state index in [2.05, 4.69) is 23.8 Å². The van der Waals surface area contributed by atoms with Crippen LogP contribution in [0.5, 0.6) is 0 Å². The van der Waals surface area contributed by atoms with Crippen molar-refractivity contribution in [1.29, 1.82) is 0 Å². The van der Waals surface area contributed by atoms with Gasteiger partial charge in [-0.15, -0.1) is 0 Å². The van der Waals surface area contributed by atoms with Crippen molar-refractivity contribution >= 4 is 5.69 Å². The molecule has 5 nitrogen and oxygen atoms in total. The Labute approximate surface area is 121 Å². The van der Waals surface area contributed by atoms with Crippen molar-refractivity contribution < 1.29 is 5.11 Å². The molecule has 20 heavy (non-hydrogen) atoms. The Bertz CT molecular complexity index is 451. The second-order valence-electron chi connectivity index (χ2n) is 6.50. The van der Waals surface area contributed by atoms with Crippen LogP contribution in [0.3, 0.4) is 0 Å². The lowest BCUT2D eigenvalue weighted by Gasteiger charge is -2.26. The lowest BCUT2D eigenvalue weighted by atomic mass is 10.2. The normalized spacial score (nSPS) is 17.1. The number of nitrogen functional groups attached to an aromatic ring is 1. The second kappa shape index (κ2) is 6.14. The Morgan fingerprint density at radius 1 is 1.35 bits per heavy atom. The van der Waals surface area contributed by atoms with Gasteiger partial charge in [-0.2, -0.15) is 5.10 Å². The molecule has 1 unspecified atom stereocenters. The van der Waals surface area contributed by atoms with E-state index in [1.807, 2.05) is 18.5 Å². The molecule has 2 rings (SSSR count). The zero-order valence-electron chi connectivity index (χ0n) is 13.1. The van der Waals surface area contributed by atoms with Crippen molar-refractivity contribution in [1.82, 2.24) is 14.7 Å². The van der Waals surface area contributed by atoms with Gasteiger partial charge in [-0.1, -0.05) is 13.8 Å². The molecule has 1 atom stereocenters. The van der Waals surface area contributed by atoms with Gasteiger partial charge in [0.1, 0.15) is 0 Å². The molecular weight excluding hydrogens is 252 g/mol. The van der Waals surface area contributed by atoms with Gasteiger partial charge in [0.15, 0.2) is 0 Å². The number of anilines is 1. The average molecular weight is 280 g/mol. The van der Waals surface area contributed by atoms with Crippen molar-refractivity contribution in [2.24, 2.45) is 5.92 Å². The van der Waals surface area contributed by atoms with E-state index < -0.39 is 6.10 Å². The maximum Gasteiger partial charge on any atom is 0.0862 e. The van der Waals surface area contributed by atoms with Crippen LogP contribution in [-0.4, -0.2) is 45.0 Å². The van der Waals surface area contributed by atoms with Gasteiger partial charge in [-0.05, 0) is 32.6 Å². The Hall–Kier alpha value is -1.07. The molecule has 1 heterocycles. The minimum atomic E-state index is -0.397. The molecule has 1 fully saturated rings. The van der Waals surface area contributed by atoms with Crippen LogP contribution >= 0.6 is 0 Å². The summed E-state index contributed by atoms with van der Waals surface area (Å²) in [6.45, 7) is 10.6. The first-order valence-corrected chi connectivity index (χ1v) is 7.60. The highest BCUT2D eigenvalue weighted by Gasteiger charge is 2.30. The van der Waals surface area contributed by atoms with Crippen molar-refractivity contribution in [3.05, 3.63) is 11.4 Å². The van der Waals surface area contributed by atoms with E-state index in [9.17, 15) is 5.11 Å². The summed E-state index contributed by atoms with van der Waals surface area (Å²) >= 11 is 0. The maximum absolute atomic E-state index is 10.3. The molecule has 0 aliphatic heterocycles. The van der Waals surface area contributed by atoms with E-state index in [4.69, 9.17) is 5.73 Å². The molecule has 114 valence electrons. The smallest absolute Gasteiger partial charge is 0.0862 e. The molecule has 0 saturated heterocycles. The standard InChI is InChI=1S/C15H28N4O/c1-10(2)7-18(13-5-6-13)8-14(20)9-19-12(4)15(16)11(3)17-19/h10,13-14,20H,5-9,16H2,1-4H3. The molecule has 3 N–H and O–H groups in total. The van der Waals surface area contributed by atoms with Gasteiger partial charge in [0.05, 0.1) is 29.7 Å². The van der Waals surface area contributed by atoms with E-state index in [0.29, 0.717) is 18.5 Å². The van der Waals surface area contributed by atoms with Crippen LogP contribution in [0.15, 0.2) is 0 Å². The fourth-order valence-corrected chi connectivity index (χ4v) is 2.70. The zero-order chi connectivity index (χ0) is 14.9. The van der Waals surface area contributed by atoms with Gasteiger partial charge in [-0.3, -0.25) is 9.58 Å². The molecule has 5 heteroatoms. The number of hydrogen-bond donors (Lipinski definition) is 2. The molecule has 0 bridgehead atoms. The number of aliphatic hydroxyl groups excluding tert-OH is 1. The SMILES string of the molecule is Cc1nn(CC(O)CN(CC(C)C)C2CC2)c(C)c1N. The number of nitrogens with two attached hydrogens (primary N) is 1. The summed E-state index contributed by atoms with van der Waals surface area (Å²) in [6, 6.07) is 0.678. The average Bonchev–Trinajstić information content (AvgIpc) is 3.15. The Kier molecular flexibility index (Phi) is 4.70. The van der Waals surface area contributed by atoms with Crippen LogP contribution in [0, 0.1) is 19.8 Å². The quantitative estimate of drug-likeness (QED) is 0.795. The van der Waals surface area contributed by atoms with Crippen molar-refractivity contribution in [3.63, 3.8) is 0 Å². The van der Waals surface area contributed by atoms with Gasteiger partial charge in [0, 0.05) is 19.1 Å². The number of aromatic nitrogens is 2. The number of nitrogens with zero attached hydrogens (tertiary/aromatic N) is 3. The Balaban J connectivity index is 1.93. The van der Waals surface area contributed by atoms with Gasteiger partial charge in [0.2, 0.25) is 0 Å². The van der Waals surface area contributed by atoms with Crippen LogP contribution in [0.2, 0.25) is 0 Å². The van der Waals surface area contributed by atoms with Gasteiger partial charge < -0.3 is 10.8 Å². The molecule has 1 aliphatic rings. The van der Waals surface area contributed by atoms with Crippen molar-refractivity contribution in [3.8, 4) is 0 Å². The summed E-state index contributed by atoms with van der Waals surface area (Å²) in [5.74, 6) is 0.632. The monoisotopic (exact) mass is 280 g/mol. The van der Waals surface area contributed by atoms with Crippen LogP contribution in [-0.2, 0) is 6.54 Å². The molecule has 1 aliphatic carbocycles. The van der Waals surface area contributed by atoms with E-state index in [1.54, 1.807) is 0 Å². The largest absolute Gasteiger partial charge is 0.396 e. The lowest BCUT2D eigenvalue weighted by molar-refractivity contribution is 0.0847. The van der Waals surface area contributed by atoms with Gasteiger partial charge >= 0.3 is 0 Å². The van der Waals surface area contributed by atoms with Crippen LogP contribution in [0.25, 0.3) is 0 Å². The summed E-state index contributed by atoms with van der Waals surface area (Å²) in [7, 11) is 0. The second-order valence-corrected chi connectivity index (χ2v) is 6.50. The first-order chi connectivity index (χ1) is 9.38. The highest BCUT2D eigenvalue weighted by molar-refractivity contribution is 5.46. The molecule has 1 aromatic heterocycles. The molecule has 0 amide bonds. The summed E-state index contributed by atoms with van der Waals surface area (Å²) < 4.78 is 1.83. The topological polar surface area (TPSA) is 67.3 Å². The molecule has 0 radical (unpaired) electrons. The predicted octanol–water partition coefficient (Wildman–Crippen LogP) is 1.56. The van der Waals surface area contributed by atoms with Gasteiger partial charge in [0.25, 0.3) is 0 Å². The lowest BCUT2D eigenvalue weighted by Crippen LogP contribution is -2.38. The molecule has 0 aromatic carbocycles. The van der Waals surface area contributed by atoms with E-state index in [-0.39, 0.29) is 0 Å². The molecular formula is C15H28N4O. The maximum atomic E-state index is 10.3. The van der Waals surface area contributed by atoms with E-state index in [0.717, 1.165) is 30.2 Å². The molecule has 1 aromatic rings. The Morgan fingerprint density at radius 2 is 2.00 bits per heavy atom. The van der Waals surface area contributed by atoms with Crippen LogP contribution < -0.4 is 5.73 Å². The third-order valence-electron chi connectivity index (χ3n) is 3.93. The first kappa shape index (κ1) is 15.3. The number of rotatable bonds is 7. The van der Waals surface area contributed by atoms with Crippen LogP contribution in [0.4, 0.5) is 5.69 Å². The Morgan fingerprint density at radius 3 is 2.45 bits per heavy atom. The molecule has 0 spiro atoms. The highest BCUT2D eigenvalue weighted by Crippen LogP contribution is 2.27. The number of aryl methyl sites for hydroxylation is 1. The fraction of sp³-hybridized carbons (Fsp3) is 0.800. The third kappa shape index (κ3) is 3.73. The first-order valence-electron chi connectivity index (χ1n) is 7.60. The predicted molar refractivity (Wildman–Crippen MR) is 81.6 cm³/mol. The van der Waals surface area contributed by atoms with E-state index >= 15 is 0 Å². The highest BCUT2D eigenvalue weighted by atomic mass is 16.3. The summed E-state index contributed by atoms with van der Waals surface area (Å²) in [5, 5.41) is 14.7. The summed E-state index contributed by atoms with van der Waals surface area (Å²) in [5.41, 5.74) is 8.45. The van der Waals surface area contributed by atoms with Gasteiger partial charge in [-0.25, -0.2) is 0 Å². The minimum Gasteiger partial charge on any atom is -0.396 e. The molecule has 1 saturated carbocycles. The fourth-order valence-electron chi connectivity index (χ4n) is 2.70. The van der Waals surface area contributed by atoms with Crippen molar-refractivity contribution in [2.45, 2.75) is 59.2 Å². The minimum absolute atomic E-state index is 0.397. The van der Waals surface area contributed by atoms with E-state index in [1.165, 1.54) is 12.8 Å². The number of aliphatic hydroxyl groups is 1. The third-order valence-corrected chi connectivity index (χ3v) is 3.93. The van der Waals surface area contributed by atoms with Crippen molar-refractivity contribution in [2.75, 3.05) is 18.8 Å². The number of hydrogen-bond acceptors (Lipinski definition) is 4. The summed E-state index contributed by atoms with van der Waals surface area (Å²) in [4.78, 5) is 2.42.